The van der Waals surface area contributed by atoms with Crippen molar-refractivity contribution in [3.05, 3.63) is 119 Å². The summed E-state index contributed by atoms with van der Waals surface area (Å²) in [5.41, 5.74) is 2.53. The van der Waals surface area contributed by atoms with Crippen molar-refractivity contribution in [2.24, 2.45) is 0 Å². The number of benzene rings is 4. The number of hydrogen-bond donors (Lipinski definition) is 2. The van der Waals surface area contributed by atoms with Gasteiger partial charge in [-0.15, -0.1) is 0 Å². The fourth-order valence-corrected chi connectivity index (χ4v) is 3.73. The zero-order valence-electron chi connectivity index (χ0n) is 17.3. The van der Waals surface area contributed by atoms with Crippen LogP contribution in [0.25, 0.3) is 27.7 Å². The first-order chi connectivity index (χ1) is 16.0. The first kappa shape index (κ1) is 20.2. The van der Waals surface area contributed by atoms with Crippen LogP contribution in [0.4, 0.5) is 0 Å². The van der Waals surface area contributed by atoms with Gasteiger partial charge in [-0.1, -0.05) is 18.2 Å². The van der Waals surface area contributed by atoms with E-state index in [1.54, 1.807) is 72.8 Å². The highest BCUT2D eigenvalue weighted by atomic mass is 16.3. The minimum atomic E-state index is -0.272. The quantitative estimate of drug-likeness (QED) is 0.400. The molecule has 6 nitrogen and oxygen atoms in total. The molecular formula is C27H18N2O4. The Labute approximate surface area is 188 Å². The molecule has 0 aliphatic carbocycles. The van der Waals surface area contributed by atoms with Gasteiger partial charge in [0.05, 0.1) is 16.8 Å². The normalized spacial score (nSPS) is 10.9. The van der Waals surface area contributed by atoms with Gasteiger partial charge in [-0.2, -0.15) is 9.78 Å². The maximum atomic E-state index is 13.2. The number of phenolic OH excluding ortho intramolecular Hbond substituents is 2. The summed E-state index contributed by atoms with van der Waals surface area (Å²) in [4.78, 5) is 25.9. The molecule has 0 spiro atoms. The number of ketones is 1. The minimum Gasteiger partial charge on any atom is -0.508 e. The van der Waals surface area contributed by atoms with Crippen LogP contribution >= 0.6 is 0 Å². The van der Waals surface area contributed by atoms with E-state index in [9.17, 15) is 19.8 Å². The van der Waals surface area contributed by atoms with E-state index in [2.05, 4.69) is 5.10 Å². The fraction of sp³-hybridized carbons (Fsp3) is 0. The molecule has 5 aromatic rings. The van der Waals surface area contributed by atoms with Crippen molar-refractivity contribution in [1.29, 1.82) is 0 Å². The molecule has 0 bridgehead atoms. The maximum Gasteiger partial charge on any atom is 0.279 e. The summed E-state index contributed by atoms with van der Waals surface area (Å²) in [7, 11) is 0. The third-order valence-electron chi connectivity index (χ3n) is 5.45. The first-order valence-corrected chi connectivity index (χ1v) is 10.3. The molecule has 160 valence electrons. The van der Waals surface area contributed by atoms with Gasteiger partial charge in [0.25, 0.3) is 5.56 Å². The highest BCUT2D eigenvalue weighted by Crippen LogP contribution is 2.27. The highest BCUT2D eigenvalue weighted by Gasteiger charge is 2.14. The Morgan fingerprint density at radius 2 is 1.18 bits per heavy atom. The Morgan fingerprint density at radius 1 is 0.667 bits per heavy atom. The van der Waals surface area contributed by atoms with E-state index < -0.39 is 0 Å². The molecule has 0 saturated carbocycles. The summed E-state index contributed by atoms with van der Waals surface area (Å²) < 4.78 is 1.32. The van der Waals surface area contributed by atoms with Crippen LogP contribution in [0, 0.1) is 0 Å². The molecular weight excluding hydrogens is 416 g/mol. The number of aromatic hydroxyl groups is 2. The monoisotopic (exact) mass is 434 g/mol. The number of nitrogens with zero attached hydrogens (tertiary/aromatic N) is 2. The molecule has 0 aliphatic rings. The molecule has 1 heterocycles. The highest BCUT2D eigenvalue weighted by molar-refractivity contribution is 6.09. The van der Waals surface area contributed by atoms with Crippen molar-refractivity contribution in [3.63, 3.8) is 0 Å². The van der Waals surface area contributed by atoms with Crippen molar-refractivity contribution in [1.82, 2.24) is 9.78 Å². The Bertz CT molecular complexity index is 1540. The molecule has 5 rings (SSSR count). The van der Waals surface area contributed by atoms with E-state index >= 15 is 0 Å². The average molecular weight is 434 g/mol. The molecule has 0 amide bonds. The summed E-state index contributed by atoms with van der Waals surface area (Å²) >= 11 is 0. The number of fused-ring (bicyclic) bond motifs is 1. The van der Waals surface area contributed by atoms with Gasteiger partial charge >= 0.3 is 0 Å². The van der Waals surface area contributed by atoms with Gasteiger partial charge in [0.2, 0.25) is 0 Å². The smallest absolute Gasteiger partial charge is 0.279 e. The van der Waals surface area contributed by atoms with E-state index in [0.717, 1.165) is 5.56 Å². The van der Waals surface area contributed by atoms with E-state index in [4.69, 9.17) is 0 Å². The molecule has 0 aliphatic heterocycles. The third-order valence-corrected chi connectivity index (χ3v) is 5.45. The van der Waals surface area contributed by atoms with E-state index in [-0.39, 0.29) is 22.8 Å². The van der Waals surface area contributed by atoms with Crippen LogP contribution in [0.3, 0.4) is 0 Å². The molecule has 0 radical (unpaired) electrons. The van der Waals surface area contributed by atoms with Crippen LogP contribution in [0.2, 0.25) is 0 Å². The lowest BCUT2D eigenvalue weighted by Crippen LogP contribution is -2.22. The summed E-state index contributed by atoms with van der Waals surface area (Å²) in [6.45, 7) is 0. The average Bonchev–Trinajstić information content (AvgIpc) is 2.85. The summed E-state index contributed by atoms with van der Waals surface area (Å²) in [5, 5.41) is 24.9. The van der Waals surface area contributed by atoms with Gasteiger partial charge < -0.3 is 10.2 Å². The summed E-state index contributed by atoms with van der Waals surface area (Å²) in [6.07, 6.45) is 0. The molecule has 1 aromatic heterocycles. The molecule has 2 N–H and O–H groups in total. The van der Waals surface area contributed by atoms with Gasteiger partial charge in [0.1, 0.15) is 11.5 Å². The van der Waals surface area contributed by atoms with Crippen molar-refractivity contribution in [2.75, 3.05) is 0 Å². The van der Waals surface area contributed by atoms with Gasteiger partial charge in [0, 0.05) is 22.1 Å². The van der Waals surface area contributed by atoms with Crippen molar-refractivity contribution in [3.8, 4) is 28.4 Å². The molecule has 6 heteroatoms. The Morgan fingerprint density at radius 3 is 1.79 bits per heavy atom. The van der Waals surface area contributed by atoms with Crippen LogP contribution in [-0.4, -0.2) is 25.8 Å². The predicted molar refractivity (Wildman–Crippen MR) is 126 cm³/mol. The minimum absolute atomic E-state index is 0.0908. The van der Waals surface area contributed by atoms with Crippen LogP contribution in [0.5, 0.6) is 11.5 Å². The Balaban J connectivity index is 1.60. The second kappa shape index (κ2) is 8.09. The lowest BCUT2D eigenvalue weighted by molar-refractivity contribution is 0.103. The van der Waals surface area contributed by atoms with Crippen molar-refractivity contribution in [2.45, 2.75) is 0 Å². The summed E-state index contributed by atoms with van der Waals surface area (Å²) in [5.74, 6) is 0.0449. The molecule has 33 heavy (non-hydrogen) atoms. The van der Waals surface area contributed by atoms with E-state index in [0.29, 0.717) is 33.3 Å². The number of carbonyl (C=O) groups is 1. The van der Waals surface area contributed by atoms with Gasteiger partial charge in [-0.25, -0.2) is 0 Å². The lowest BCUT2D eigenvalue weighted by Gasteiger charge is -2.12. The lowest BCUT2D eigenvalue weighted by atomic mass is 10.0. The van der Waals surface area contributed by atoms with Crippen LogP contribution in [0.15, 0.2) is 102 Å². The van der Waals surface area contributed by atoms with Crippen molar-refractivity contribution >= 4 is 16.6 Å². The molecule has 0 fully saturated rings. The topological polar surface area (TPSA) is 92.4 Å². The second-order valence-corrected chi connectivity index (χ2v) is 7.58. The third kappa shape index (κ3) is 3.74. The summed E-state index contributed by atoms with van der Waals surface area (Å²) in [6, 6.07) is 26.6. The zero-order valence-corrected chi connectivity index (χ0v) is 17.3. The van der Waals surface area contributed by atoms with Gasteiger partial charge in [-0.3, -0.25) is 9.59 Å². The van der Waals surface area contributed by atoms with E-state index in [1.807, 2.05) is 12.1 Å². The number of phenols is 2. The molecule has 0 atom stereocenters. The van der Waals surface area contributed by atoms with Crippen LogP contribution < -0.4 is 5.56 Å². The van der Waals surface area contributed by atoms with Gasteiger partial charge in [-0.05, 0) is 78.9 Å². The molecule has 4 aromatic carbocycles. The molecule has 0 unspecified atom stereocenters. The number of carbonyl (C=O) groups excluding carboxylic acids is 1. The largest absolute Gasteiger partial charge is 0.508 e. The fourth-order valence-electron chi connectivity index (χ4n) is 3.73. The van der Waals surface area contributed by atoms with Crippen molar-refractivity contribution < 1.29 is 15.0 Å². The van der Waals surface area contributed by atoms with E-state index in [1.165, 1.54) is 16.8 Å². The SMILES string of the molecule is O=C(c1ccc(O)cc1)c1ccc(-n2nc(-c3ccc(O)cc3)c3ccccc3c2=O)cc1. The zero-order chi connectivity index (χ0) is 22.9. The van der Waals surface area contributed by atoms with Crippen LogP contribution in [-0.2, 0) is 0 Å². The standard InChI is InChI=1S/C27H18N2O4/c30-21-13-7-17(8-14-21)25-23-3-1-2-4-24(23)27(33)29(28-25)20-11-5-18(6-12-20)26(32)19-9-15-22(31)16-10-19/h1-16,30-31H. The molecule has 0 saturated heterocycles. The second-order valence-electron chi connectivity index (χ2n) is 7.58. The number of aromatic nitrogens is 2. The number of hydrogen-bond acceptors (Lipinski definition) is 5. The number of rotatable bonds is 4. The maximum absolute atomic E-state index is 13.2. The van der Waals surface area contributed by atoms with Gasteiger partial charge in [0.15, 0.2) is 5.78 Å². The first-order valence-electron chi connectivity index (χ1n) is 10.3. The Hall–Kier alpha value is -4.71. The predicted octanol–water partition coefficient (Wildman–Crippen LogP) is 4.69. The van der Waals surface area contributed by atoms with Crippen LogP contribution in [0.1, 0.15) is 15.9 Å². The Kier molecular flexibility index (Phi) is 4.95.